The summed E-state index contributed by atoms with van der Waals surface area (Å²) in [5.74, 6) is 1.25. The number of rotatable bonds is 10. The highest BCUT2D eigenvalue weighted by atomic mass is 35.5. The summed E-state index contributed by atoms with van der Waals surface area (Å²) in [6.45, 7) is 0.0114. The van der Waals surface area contributed by atoms with Crippen molar-refractivity contribution >= 4 is 58.7 Å². The molecule has 3 aromatic rings. The molecule has 0 saturated heterocycles. The van der Waals surface area contributed by atoms with Gasteiger partial charge in [0.1, 0.15) is 5.75 Å². The fourth-order valence-corrected chi connectivity index (χ4v) is 3.63. The lowest BCUT2D eigenvalue weighted by Crippen LogP contribution is -2.19. The van der Waals surface area contributed by atoms with Crippen LogP contribution in [0.25, 0.3) is 0 Å². The summed E-state index contributed by atoms with van der Waals surface area (Å²) in [5.41, 5.74) is 2.94. The number of carbonyl (C=O) groups is 1. The number of methoxy groups -OCH3 is 2. The van der Waals surface area contributed by atoms with Crippen LogP contribution >= 0.6 is 46.6 Å². The minimum absolute atomic E-state index is 0.00249. The van der Waals surface area contributed by atoms with Crippen molar-refractivity contribution in [3.05, 3.63) is 56.9 Å². The molecule has 0 unspecified atom stereocenters. The Morgan fingerprint density at radius 1 is 1.09 bits per heavy atom. The van der Waals surface area contributed by atoms with Crippen molar-refractivity contribution in [1.29, 1.82) is 0 Å². The second-order valence-electron chi connectivity index (χ2n) is 6.14. The quantitative estimate of drug-likeness (QED) is 0.224. The molecule has 0 aliphatic heterocycles. The molecular formula is C20H17Cl3N4O5S. The molecule has 0 aliphatic rings. The minimum atomic E-state index is -0.378. The van der Waals surface area contributed by atoms with Crippen LogP contribution in [-0.2, 0) is 11.4 Å². The first-order chi connectivity index (χ1) is 15.9. The van der Waals surface area contributed by atoms with Crippen LogP contribution in [-0.4, -0.2) is 42.3 Å². The molecule has 1 N–H and O–H groups in total. The number of nitrogens with one attached hydrogen (secondary N) is 1. The van der Waals surface area contributed by atoms with Crippen LogP contribution in [0.5, 0.6) is 17.2 Å². The highest BCUT2D eigenvalue weighted by Crippen LogP contribution is 2.32. The Labute approximate surface area is 208 Å². The van der Waals surface area contributed by atoms with E-state index in [1.807, 2.05) is 0 Å². The van der Waals surface area contributed by atoms with Crippen molar-refractivity contribution in [3.8, 4) is 17.2 Å². The van der Waals surface area contributed by atoms with E-state index in [2.05, 4.69) is 20.7 Å². The molecule has 0 spiro atoms. The van der Waals surface area contributed by atoms with Gasteiger partial charge < -0.3 is 18.6 Å². The maximum Gasteiger partial charge on any atom is 0.277 e. The molecule has 0 radical (unpaired) electrons. The zero-order chi connectivity index (χ0) is 23.8. The summed E-state index contributed by atoms with van der Waals surface area (Å²) in [5, 5.41) is 13.1. The first-order valence-electron chi connectivity index (χ1n) is 9.16. The largest absolute Gasteiger partial charge is 0.493 e. The zero-order valence-corrected chi connectivity index (χ0v) is 20.4. The van der Waals surface area contributed by atoms with Crippen molar-refractivity contribution < 1.29 is 23.4 Å². The number of ether oxygens (including phenoxy) is 3. The fraction of sp³-hybridized carbons (Fsp3) is 0.200. The van der Waals surface area contributed by atoms with Gasteiger partial charge in [-0.05, 0) is 24.3 Å². The van der Waals surface area contributed by atoms with Gasteiger partial charge in [-0.25, -0.2) is 5.43 Å². The van der Waals surface area contributed by atoms with E-state index in [4.69, 9.17) is 53.4 Å². The first kappa shape index (κ1) is 25.0. The molecule has 9 nitrogen and oxygen atoms in total. The summed E-state index contributed by atoms with van der Waals surface area (Å²) in [6, 6.07) is 8.09. The number of hydrogen-bond acceptors (Lipinski definition) is 9. The predicted octanol–water partition coefficient (Wildman–Crippen LogP) is 4.87. The maximum absolute atomic E-state index is 12.0. The van der Waals surface area contributed by atoms with Gasteiger partial charge in [-0.2, -0.15) is 5.10 Å². The third-order valence-electron chi connectivity index (χ3n) is 3.92. The average molecular weight is 532 g/mol. The van der Waals surface area contributed by atoms with Crippen molar-refractivity contribution in [2.75, 3.05) is 20.0 Å². The first-order valence-corrected chi connectivity index (χ1v) is 11.3. The van der Waals surface area contributed by atoms with Gasteiger partial charge >= 0.3 is 0 Å². The number of hydrazone groups is 1. The molecule has 13 heteroatoms. The molecule has 0 bridgehead atoms. The Bertz CT molecular complexity index is 1160. The highest BCUT2D eigenvalue weighted by Gasteiger charge is 2.12. The zero-order valence-electron chi connectivity index (χ0n) is 17.3. The summed E-state index contributed by atoms with van der Waals surface area (Å²) in [7, 11) is 3.02. The molecule has 174 valence electrons. The molecule has 0 atom stereocenters. The lowest BCUT2D eigenvalue weighted by atomic mass is 10.2. The topological polar surface area (TPSA) is 108 Å². The van der Waals surface area contributed by atoms with Gasteiger partial charge in [0.15, 0.2) is 18.1 Å². The van der Waals surface area contributed by atoms with Crippen LogP contribution in [0, 0.1) is 0 Å². The van der Waals surface area contributed by atoms with Crippen LogP contribution < -0.4 is 19.6 Å². The summed E-state index contributed by atoms with van der Waals surface area (Å²) in [6.07, 6.45) is 1.40. The van der Waals surface area contributed by atoms with E-state index in [1.54, 1.807) is 30.3 Å². The van der Waals surface area contributed by atoms with Crippen LogP contribution in [0.4, 0.5) is 0 Å². The number of benzene rings is 2. The highest BCUT2D eigenvalue weighted by molar-refractivity contribution is 7.99. The number of amides is 1. The van der Waals surface area contributed by atoms with Crippen molar-refractivity contribution in [2.45, 2.75) is 11.8 Å². The molecule has 1 amide bonds. The molecular weight excluding hydrogens is 515 g/mol. The minimum Gasteiger partial charge on any atom is -0.493 e. The summed E-state index contributed by atoms with van der Waals surface area (Å²) in [4.78, 5) is 12.0. The predicted molar refractivity (Wildman–Crippen MR) is 126 cm³/mol. The smallest absolute Gasteiger partial charge is 0.277 e. The number of carbonyl (C=O) groups excluding carboxylic acids is 1. The Kier molecular flexibility index (Phi) is 9.07. The number of nitrogens with zero attached hydrogens (tertiary/aromatic N) is 3. The lowest BCUT2D eigenvalue weighted by molar-refractivity contribution is -0.118. The maximum atomic E-state index is 12.0. The fourth-order valence-electron chi connectivity index (χ4n) is 2.39. The molecule has 33 heavy (non-hydrogen) atoms. The molecule has 3 rings (SSSR count). The van der Waals surface area contributed by atoms with Crippen molar-refractivity contribution in [3.63, 3.8) is 0 Å². The van der Waals surface area contributed by atoms with Gasteiger partial charge in [0, 0.05) is 16.7 Å². The van der Waals surface area contributed by atoms with Gasteiger partial charge in [0.05, 0.1) is 36.2 Å². The van der Waals surface area contributed by atoms with E-state index in [-0.39, 0.29) is 29.4 Å². The standard InChI is InChI=1S/C20H17Cl3N4O5S/c1-29-16-5-11(13(22)7-17(16)30-2)8-24-25-18(28)10-33-20-27-26-19(32-20)9-31-15-4-3-12(21)6-14(15)23/h3-8H,9-10H2,1-2H3,(H,25,28)/b24-8-. The number of aromatic nitrogens is 2. The summed E-state index contributed by atoms with van der Waals surface area (Å²) < 4.78 is 21.4. The van der Waals surface area contributed by atoms with Crippen LogP contribution in [0.2, 0.25) is 15.1 Å². The molecule has 0 fully saturated rings. The van der Waals surface area contributed by atoms with Gasteiger partial charge in [0.25, 0.3) is 17.0 Å². The van der Waals surface area contributed by atoms with E-state index in [1.165, 1.54) is 20.4 Å². The van der Waals surface area contributed by atoms with Gasteiger partial charge in [-0.3, -0.25) is 4.79 Å². The van der Waals surface area contributed by atoms with Gasteiger partial charge in [-0.15, -0.1) is 10.2 Å². The molecule has 0 saturated carbocycles. The lowest BCUT2D eigenvalue weighted by Gasteiger charge is -2.09. The number of halogens is 3. The molecule has 0 aliphatic carbocycles. The van der Waals surface area contributed by atoms with Gasteiger partial charge in [0.2, 0.25) is 0 Å². The summed E-state index contributed by atoms with van der Waals surface area (Å²) >= 11 is 19.1. The number of hydrogen-bond donors (Lipinski definition) is 1. The average Bonchev–Trinajstić information content (AvgIpc) is 3.25. The van der Waals surface area contributed by atoms with Crippen molar-refractivity contribution in [2.24, 2.45) is 5.10 Å². The van der Waals surface area contributed by atoms with Crippen LogP contribution in [0.1, 0.15) is 11.5 Å². The van der Waals surface area contributed by atoms with Crippen LogP contribution in [0.3, 0.4) is 0 Å². The second kappa shape index (κ2) is 12.0. The Morgan fingerprint density at radius 3 is 2.58 bits per heavy atom. The van der Waals surface area contributed by atoms with Crippen LogP contribution in [0.15, 0.2) is 45.1 Å². The molecule has 1 aromatic heterocycles. The van der Waals surface area contributed by atoms with Gasteiger partial charge in [-0.1, -0.05) is 46.6 Å². The van der Waals surface area contributed by atoms with E-state index >= 15 is 0 Å². The van der Waals surface area contributed by atoms with E-state index in [0.29, 0.717) is 37.9 Å². The van der Waals surface area contributed by atoms with E-state index in [9.17, 15) is 4.79 Å². The second-order valence-corrected chi connectivity index (χ2v) is 8.31. The van der Waals surface area contributed by atoms with E-state index < -0.39 is 0 Å². The molecule has 1 heterocycles. The number of thioether (sulfide) groups is 1. The monoisotopic (exact) mass is 530 g/mol. The SMILES string of the molecule is COc1cc(Cl)c(/C=N\NC(=O)CSc2nnc(COc3ccc(Cl)cc3Cl)o2)cc1OC. The normalized spacial score (nSPS) is 10.9. The Morgan fingerprint density at radius 2 is 1.85 bits per heavy atom. The third-order valence-corrected chi connectivity index (χ3v) is 5.59. The Hall–Kier alpha value is -2.66. The van der Waals surface area contributed by atoms with Crippen molar-refractivity contribution in [1.82, 2.24) is 15.6 Å². The van der Waals surface area contributed by atoms with E-state index in [0.717, 1.165) is 11.8 Å². The third kappa shape index (κ3) is 7.16. The molecule has 2 aromatic carbocycles. The Balaban J connectivity index is 1.47.